The van der Waals surface area contributed by atoms with E-state index in [9.17, 15) is 14.0 Å². The standard InChI is InChI=1S/C19H12ClFN4O2S3/c1-9-6-14(22-16(26)12-3-2-11(21)7-13(12)20)29-15(9)17(27)23-19-25-24-18(30-19)10-4-5-28-8-10/h2-8H,1H3,(H,22,26)(H,23,25,27). The van der Waals surface area contributed by atoms with Crippen molar-refractivity contribution >= 4 is 67.6 Å². The Bertz CT molecular complexity index is 1240. The van der Waals surface area contributed by atoms with Gasteiger partial charge in [-0.3, -0.25) is 14.9 Å². The Balaban J connectivity index is 1.47. The van der Waals surface area contributed by atoms with Crippen molar-refractivity contribution in [1.82, 2.24) is 10.2 Å². The quantitative estimate of drug-likeness (QED) is 0.372. The number of thiophene rings is 2. The lowest BCUT2D eigenvalue weighted by molar-refractivity contribution is 0.102. The summed E-state index contributed by atoms with van der Waals surface area (Å²) in [7, 11) is 0. The van der Waals surface area contributed by atoms with Gasteiger partial charge in [0.15, 0.2) is 0 Å². The molecular formula is C19H12ClFN4O2S3. The third-order valence-electron chi connectivity index (χ3n) is 3.95. The largest absolute Gasteiger partial charge is 0.313 e. The Labute approximate surface area is 187 Å². The highest BCUT2D eigenvalue weighted by molar-refractivity contribution is 7.20. The number of aryl methyl sites for hydroxylation is 1. The molecule has 0 atom stereocenters. The summed E-state index contributed by atoms with van der Waals surface area (Å²) in [6, 6.07) is 7.16. The number of aromatic nitrogens is 2. The number of hydrogen-bond donors (Lipinski definition) is 2. The fourth-order valence-electron chi connectivity index (χ4n) is 2.55. The minimum atomic E-state index is -0.527. The zero-order valence-electron chi connectivity index (χ0n) is 15.2. The molecule has 0 aliphatic heterocycles. The van der Waals surface area contributed by atoms with Crippen LogP contribution in [0.2, 0.25) is 5.02 Å². The van der Waals surface area contributed by atoms with Crippen molar-refractivity contribution in [3.05, 3.63) is 67.9 Å². The van der Waals surface area contributed by atoms with Gasteiger partial charge in [-0.1, -0.05) is 22.9 Å². The second-order valence-corrected chi connectivity index (χ2v) is 9.30. The van der Waals surface area contributed by atoms with Crippen LogP contribution in [0.3, 0.4) is 0 Å². The van der Waals surface area contributed by atoms with Crippen LogP contribution in [-0.2, 0) is 0 Å². The Morgan fingerprint density at radius 3 is 2.63 bits per heavy atom. The van der Waals surface area contributed by atoms with Gasteiger partial charge in [-0.05, 0) is 48.2 Å². The smallest absolute Gasteiger partial charge is 0.267 e. The van der Waals surface area contributed by atoms with Crippen molar-refractivity contribution in [3.63, 3.8) is 0 Å². The van der Waals surface area contributed by atoms with E-state index in [2.05, 4.69) is 20.8 Å². The topological polar surface area (TPSA) is 84.0 Å². The summed E-state index contributed by atoms with van der Waals surface area (Å²) < 4.78 is 13.2. The first-order chi connectivity index (χ1) is 14.4. The molecule has 0 aliphatic rings. The van der Waals surface area contributed by atoms with Gasteiger partial charge in [0.1, 0.15) is 10.8 Å². The van der Waals surface area contributed by atoms with Gasteiger partial charge in [-0.2, -0.15) is 11.3 Å². The van der Waals surface area contributed by atoms with Gasteiger partial charge < -0.3 is 5.32 Å². The third kappa shape index (κ3) is 4.41. The Morgan fingerprint density at radius 1 is 1.07 bits per heavy atom. The van der Waals surface area contributed by atoms with E-state index in [0.29, 0.717) is 20.6 Å². The Morgan fingerprint density at radius 2 is 1.90 bits per heavy atom. The van der Waals surface area contributed by atoms with Gasteiger partial charge in [-0.25, -0.2) is 4.39 Å². The number of rotatable bonds is 5. The summed E-state index contributed by atoms with van der Waals surface area (Å²) in [4.78, 5) is 25.5. The van der Waals surface area contributed by atoms with Gasteiger partial charge in [0, 0.05) is 10.9 Å². The number of amides is 2. The number of anilines is 2. The SMILES string of the molecule is Cc1cc(NC(=O)c2ccc(F)cc2Cl)sc1C(=O)Nc1nnc(-c2ccsc2)s1. The molecule has 0 aliphatic carbocycles. The van der Waals surface area contributed by atoms with E-state index in [1.165, 1.54) is 17.4 Å². The molecule has 6 nitrogen and oxygen atoms in total. The highest BCUT2D eigenvalue weighted by Gasteiger charge is 2.18. The molecule has 152 valence electrons. The molecule has 0 saturated carbocycles. The number of halogens is 2. The minimum absolute atomic E-state index is 0.0106. The molecule has 2 amide bonds. The Hall–Kier alpha value is -2.66. The predicted octanol–water partition coefficient (Wildman–Crippen LogP) is 5.93. The second-order valence-electron chi connectivity index (χ2n) is 6.08. The molecule has 30 heavy (non-hydrogen) atoms. The molecule has 3 aromatic heterocycles. The van der Waals surface area contributed by atoms with Crippen LogP contribution in [0.25, 0.3) is 10.6 Å². The zero-order valence-corrected chi connectivity index (χ0v) is 18.4. The maximum atomic E-state index is 13.2. The molecule has 0 radical (unpaired) electrons. The first-order valence-electron chi connectivity index (χ1n) is 8.45. The molecule has 0 saturated heterocycles. The first-order valence-corrected chi connectivity index (χ1v) is 11.4. The molecule has 0 unspecified atom stereocenters. The normalized spacial score (nSPS) is 10.8. The second kappa shape index (κ2) is 8.60. The number of hydrogen-bond acceptors (Lipinski definition) is 7. The van der Waals surface area contributed by atoms with E-state index in [4.69, 9.17) is 11.6 Å². The summed E-state index contributed by atoms with van der Waals surface area (Å²) in [6.45, 7) is 1.77. The van der Waals surface area contributed by atoms with Gasteiger partial charge in [0.25, 0.3) is 11.8 Å². The third-order valence-corrected chi connectivity index (χ3v) is 6.99. The van der Waals surface area contributed by atoms with Gasteiger partial charge >= 0.3 is 0 Å². The van der Waals surface area contributed by atoms with Crippen molar-refractivity contribution in [1.29, 1.82) is 0 Å². The van der Waals surface area contributed by atoms with Crippen molar-refractivity contribution in [2.24, 2.45) is 0 Å². The van der Waals surface area contributed by atoms with Gasteiger partial charge in [0.05, 0.1) is 20.5 Å². The van der Waals surface area contributed by atoms with E-state index in [-0.39, 0.29) is 16.5 Å². The fourth-order valence-corrected chi connectivity index (χ4v) is 5.22. The molecule has 2 N–H and O–H groups in total. The van der Waals surface area contributed by atoms with Crippen LogP contribution in [0.5, 0.6) is 0 Å². The summed E-state index contributed by atoms with van der Waals surface area (Å²) in [5.74, 6) is -1.36. The van der Waals surface area contributed by atoms with Crippen molar-refractivity contribution in [2.75, 3.05) is 10.6 Å². The lowest BCUT2D eigenvalue weighted by Gasteiger charge is -2.04. The average molecular weight is 479 g/mol. The van der Waals surface area contributed by atoms with Crippen molar-refractivity contribution in [3.8, 4) is 10.6 Å². The number of nitrogens with zero attached hydrogens (tertiary/aromatic N) is 2. The van der Waals surface area contributed by atoms with E-state index in [0.717, 1.165) is 34.0 Å². The van der Waals surface area contributed by atoms with Crippen LogP contribution in [-0.4, -0.2) is 22.0 Å². The van der Waals surface area contributed by atoms with E-state index in [1.54, 1.807) is 24.3 Å². The van der Waals surface area contributed by atoms with Crippen LogP contribution in [0.15, 0.2) is 41.1 Å². The molecular weight excluding hydrogens is 467 g/mol. The zero-order chi connectivity index (χ0) is 21.3. The lowest BCUT2D eigenvalue weighted by Crippen LogP contribution is -2.12. The molecule has 11 heteroatoms. The number of benzene rings is 1. The molecule has 0 fully saturated rings. The van der Waals surface area contributed by atoms with Crippen LogP contribution >= 0.6 is 45.6 Å². The first kappa shape index (κ1) is 20.6. The number of carbonyl (C=O) groups is 2. The summed E-state index contributed by atoms with van der Waals surface area (Å²) >= 11 is 9.89. The minimum Gasteiger partial charge on any atom is -0.313 e. The number of carbonyl (C=O) groups excluding carboxylic acids is 2. The predicted molar refractivity (Wildman–Crippen MR) is 120 cm³/mol. The van der Waals surface area contributed by atoms with E-state index < -0.39 is 11.7 Å². The van der Waals surface area contributed by atoms with Crippen molar-refractivity contribution < 1.29 is 14.0 Å². The van der Waals surface area contributed by atoms with E-state index in [1.807, 2.05) is 16.8 Å². The average Bonchev–Trinajstić information content (AvgIpc) is 3.42. The van der Waals surface area contributed by atoms with E-state index >= 15 is 0 Å². The monoisotopic (exact) mass is 478 g/mol. The Kier molecular flexibility index (Phi) is 5.91. The van der Waals surface area contributed by atoms with Crippen LogP contribution in [0.4, 0.5) is 14.5 Å². The number of nitrogens with one attached hydrogen (secondary N) is 2. The molecule has 4 aromatic rings. The maximum absolute atomic E-state index is 13.2. The summed E-state index contributed by atoms with van der Waals surface area (Å²) in [5, 5.41) is 19.0. The molecule has 0 spiro atoms. The highest BCUT2D eigenvalue weighted by Crippen LogP contribution is 2.31. The molecule has 0 bridgehead atoms. The maximum Gasteiger partial charge on any atom is 0.267 e. The lowest BCUT2D eigenvalue weighted by atomic mass is 10.2. The fraction of sp³-hybridized carbons (Fsp3) is 0.0526. The van der Waals surface area contributed by atoms with Crippen LogP contribution < -0.4 is 10.6 Å². The summed E-state index contributed by atoms with van der Waals surface area (Å²) in [5.41, 5.74) is 1.79. The van der Waals surface area contributed by atoms with Gasteiger partial charge in [0.2, 0.25) is 5.13 Å². The van der Waals surface area contributed by atoms with Crippen LogP contribution in [0, 0.1) is 12.7 Å². The highest BCUT2D eigenvalue weighted by atomic mass is 35.5. The summed E-state index contributed by atoms with van der Waals surface area (Å²) in [6.07, 6.45) is 0. The molecule has 4 rings (SSSR count). The molecule has 3 heterocycles. The van der Waals surface area contributed by atoms with Gasteiger partial charge in [-0.15, -0.1) is 21.5 Å². The van der Waals surface area contributed by atoms with Crippen molar-refractivity contribution in [2.45, 2.75) is 6.92 Å². The molecule has 1 aromatic carbocycles. The van der Waals surface area contributed by atoms with Crippen LogP contribution in [0.1, 0.15) is 25.6 Å².